The van der Waals surface area contributed by atoms with Gasteiger partial charge in [-0.3, -0.25) is 19.2 Å². The molecule has 0 unspecified atom stereocenters. The molecule has 298 valence electrons. The number of amides is 3. The summed E-state index contributed by atoms with van der Waals surface area (Å²) in [5, 5.41) is 22.2. The average molecular weight is 734 g/mol. The van der Waals surface area contributed by atoms with Gasteiger partial charge < -0.3 is 50.3 Å². The second kappa shape index (κ2) is 41.3. The number of rotatable bonds is 38. The first-order chi connectivity index (χ1) is 24.7. The molecule has 0 aromatic carbocycles. The predicted octanol–water partition coefficient (Wildman–Crippen LogP) is 3.93. The molecule has 0 radical (unpaired) electrons. The van der Waals surface area contributed by atoms with E-state index in [1.807, 2.05) is 0 Å². The summed E-state index contributed by atoms with van der Waals surface area (Å²) in [6.45, 7) is 1.81. The van der Waals surface area contributed by atoms with Crippen LogP contribution in [0.15, 0.2) is 0 Å². The molecular formula is C36H67N3O12. The summed E-state index contributed by atoms with van der Waals surface area (Å²) in [5.41, 5.74) is 5.10. The van der Waals surface area contributed by atoms with Crippen LogP contribution in [-0.2, 0) is 47.7 Å². The number of carboxylic acid groups (broad SMARTS) is 2. The minimum atomic E-state index is -1.04. The van der Waals surface area contributed by atoms with Gasteiger partial charge in [-0.05, 0) is 19.3 Å². The zero-order valence-corrected chi connectivity index (χ0v) is 30.8. The number of aliphatic carboxylic acids is 2. The van der Waals surface area contributed by atoms with E-state index in [1.54, 1.807) is 0 Å². The Hall–Kier alpha value is -3.14. The van der Waals surface area contributed by atoms with E-state index in [0.717, 1.165) is 32.0 Å². The highest BCUT2D eigenvalue weighted by Crippen LogP contribution is 2.14. The molecule has 6 N–H and O–H groups in total. The number of nitrogens with one attached hydrogen (secondary N) is 2. The molecule has 51 heavy (non-hydrogen) atoms. The molecule has 0 atom stereocenters. The molecule has 15 heteroatoms. The van der Waals surface area contributed by atoms with Gasteiger partial charge in [0.25, 0.3) is 0 Å². The van der Waals surface area contributed by atoms with Crippen LogP contribution in [0, 0.1) is 0 Å². The second-order valence-electron chi connectivity index (χ2n) is 12.1. The molecule has 0 fully saturated rings. The number of aldehydes is 1. The van der Waals surface area contributed by atoms with Gasteiger partial charge in [-0.15, -0.1) is 0 Å². The lowest BCUT2D eigenvalue weighted by Crippen LogP contribution is -2.31. The van der Waals surface area contributed by atoms with Crippen molar-refractivity contribution in [2.75, 3.05) is 65.9 Å². The predicted molar refractivity (Wildman–Crippen MR) is 192 cm³/mol. The summed E-state index contributed by atoms with van der Waals surface area (Å²) in [6.07, 6.45) is 21.1. The van der Waals surface area contributed by atoms with Crippen LogP contribution in [0.3, 0.4) is 0 Å². The first-order valence-electron chi connectivity index (χ1n) is 18.7. The fourth-order valence-corrected chi connectivity index (χ4v) is 4.65. The van der Waals surface area contributed by atoms with Gasteiger partial charge in [0, 0.05) is 38.8 Å². The van der Waals surface area contributed by atoms with Gasteiger partial charge in [0.2, 0.25) is 17.7 Å². The van der Waals surface area contributed by atoms with Crippen LogP contribution in [-0.4, -0.2) is 112 Å². The molecular weight excluding hydrogens is 666 g/mol. The molecule has 0 saturated carbocycles. The molecule has 0 aromatic rings. The Bertz CT molecular complexity index is 848. The normalized spacial score (nSPS) is 10.6. The molecule has 15 nitrogen and oxygen atoms in total. The quantitative estimate of drug-likeness (QED) is 0.0449. The maximum absolute atomic E-state index is 11.5. The van der Waals surface area contributed by atoms with Crippen molar-refractivity contribution < 1.29 is 57.9 Å². The van der Waals surface area contributed by atoms with Gasteiger partial charge in [-0.1, -0.05) is 83.5 Å². The topological polar surface area (TPSA) is 230 Å². The third kappa shape index (κ3) is 49.0. The molecule has 0 bridgehead atoms. The van der Waals surface area contributed by atoms with Crippen molar-refractivity contribution in [2.45, 2.75) is 128 Å². The Kier molecular flexibility index (Phi) is 40.4. The lowest BCUT2D eigenvalue weighted by molar-refractivity contribution is -0.143. The van der Waals surface area contributed by atoms with Crippen molar-refractivity contribution in [2.24, 2.45) is 5.73 Å². The summed E-state index contributed by atoms with van der Waals surface area (Å²) in [7, 11) is 0. The minimum Gasteiger partial charge on any atom is -0.481 e. The van der Waals surface area contributed by atoms with Crippen LogP contribution < -0.4 is 16.4 Å². The number of primary amides is 1. The monoisotopic (exact) mass is 733 g/mol. The van der Waals surface area contributed by atoms with Crippen molar-refractivity contribution >= 4 is 35.9 Å². The second-order valence-corrected chi connectivity index (χ2v) is 12.1. The fraction of sp³-hybridized carbons (Fsp3) is 0.833. The third-order valence-corrected chi connectivity index (χ3v) is 7.38. The lowest BCUT2D eigenvalue weighted by atomic mass is 10.0. The van der Waals surface area contributed by atoms with E-state index in [1.165, 1.54) is 70.6 Å². The third-order valence-electron chi connectivity index (χ3n) is 7.38. The van der Waals surface area contributed by atoms with Crippen molar-refractivity contribution in [3.8, 4) is 0 Å². The van der Waals surface area contributed by atoms with Gasteiger partial charge in [0.05, 0.1) is 39.6 Å². The molecule has 0 aliphatic carbocycles. The van der Waals surface area contributed by atoms with Crippen molar-refractivity contribution in [1.29, 1.82) is 0 Å². The van der Waals surface area contributed by atoms with Gasteiger partial charge in [-0.2, -0.15) is 0 Å². The summed E-state index contributed by atoms with van der Waals surface area (Å²) in [6, 6.07) is 0. The van der Waals surface area contributed by atoms with Gasteiger partial charge in [-0.25, -0.2) is 4.79 Å². The van der Waals surface area contributed by atoms with E-state index < -0.39 is 11.9 Å². The smallest absolute Gasteiger partial charge is 0.329 e. The average Bonchev–Trinajstić information content (AvgIpc) is 3.08. The number of hydrogen-bond donors (Lipinski definition) is 5. The summed E-state index contributed by atoms with van der Waals surface area (Å²) in [5.74, 6) is -2.28. The highest BCUT2D eigenvalue weighted by molar-refractivity contribution is 5.77. The largest absolute Gasteiger partial charge is 0.481 e. The Morgan fingerprint density at radius 1 is 0.471 bits per heavy atom. The van der Waals surface area contributed by atoms with Gasteiger partial charge >= 0.3 is 11.9 Å². The molecule has 0 saturated heterocycles. The number of unbranched alkanes of at least 4 members (excludes halogenated alkanes) is 15. The van der Waals surface area contributed by atoms with E-state index in [9.17, 15) is 28.8 Å². The number of hydrogen-bond acceptors (Lipinski definition) is 10. The number of carbonyl (C=O) groups is 6. The Morgan fingerprint density at radius 2 is 0.882 bits per heavy atom. The molecule has 0 spiro atoms. The first-order valence-corrected chi connectivity index (χ1v) is 18.7. The van der Waals surface area contributed by atoms with E-state index >= 15 is 0 Å². The van der Waals surface area contributed by atoms with Crippen LogP contribution in [0.1, 0.15) is 128 Å². The fourth-order valence-electron chi connectivity index (χ4n) is 4.65. The zero-order valence-electron chi connectivity index (χ0n) is 30.8. The Morgan fingerprint density at radius 3 is 1.31 bits per heavy atom. The molecule has 0 heterocycles. The molecule has 0 aliphatic rings. The van der Waals surface area contributed by atoms with Crippen LogP contribution >= 0.6 is 0 Å². The minimum absolute atomic E-state index is 0.0987. The zero-order chi connectivity index (χ0) is 38.0. The van der Waals surface area contributed by atoms with E-state index in [0.29, 0.717) is 58.4 Å². The van der Waals surface area contributed by atoms with Crippen molar-refractivity contribution in [3.63, 3.8) is 0 Å². The van der Waals surface area contributed by atoms with Crippen LogP contribution in [0.25, 0.3) is 0 Å². The highest BCUT2D eigenvalue weighted by atomic mass is 16.5. The van der Waals surface area contributed by atoms with Crippen LogP contribution in [0.2, 0.25) is 0 Å². The number of carbonyl (C=O) groups excluding carboxylic acids is 4. The number of ether oxygens (including phenoxy) is 4. The Labute approximate surface area is 304 Å². The summed E-state index contributed by atoms with van der Waals surface area (Å²) in [4.78, 5) is 64.1. The van der Waals surface area contributed by atoms with Crippen molar-refractivity contribution in [1.82, 2.24) is 10.6 Å². The van der Waals surface area contributed by atoms with E-state index in [4.69, 9.17) is 34.9 Å². The maximum Gasteiger partial charge on any atom is 0.329 e. The standard InChI is InChI=1S/C19H37NO3.C17H30N2O9/c20-18(21)16-14-12-10-8-6-4-2-1-3-5-7-9-11-13-15-17-19(22)23;20-6-2-1-3-15(21)18-4-7-25-9-11-27-13-16(22)19-5-8-26-10-12-28-14-17(23)24/h1-17H2,(H2,20,21)(H,22,23);6H,1-5,7-14H2,(H,18,21)(H,19,22)(H,23,24). The summed E-state index contributed by atoms with van der Waals surface area (Å²) < 4.78 is 20.3. The van der Waals surface area contributed by atoms with Crippen molar-refractivity contribution in [3.05, 3.63) is 0 Å². The molecule has 0 aromatic heterocycles. The Balaban J connectivity index is 0. The highest BCUT2D eigenvalue weighted by Gasteiger charge is 2.03. The molecule has 0 aliphatic heterocycles. The first kappa shape index (κ1) is 50.0. The van der Waals surface area contributed by atoms with Crippen LogP contribution in [0.5, 0.6) is 0 Å². The lowest BCUT2D eigenvalue weighted by Gasteiger charge is -2.08. The van der Waals surface area contributed by atoms with Gasteiger partial charge in [0.15, 0.2) is 0 Å². The SMILES string of the molecule is NC(=O)CCCCCCCCCCCCCCCCCC(=O)O.O=CCCCC(=O)NCCOCCOCC(=O)NCCOCCOCC(=O)O. The molecule has 3 amide bonds. The van der Waals surface area contributed by atoms with E-state index in [-0.39, 0.29) is 57.4 Å². The maximum atomic E-state index is 11.5. The molecule has 0 rings (SSSR count). The van der Waals surface area contributed by atoms with Crippen LogP contribution in [0.4, 0.5) is 0 Å². The van der Waals surface area contributed by atoms with Gasteiger partial charge in [0.1, 0.15) is 19.5 Å². The number of carboxylic acids is 2. The summed E-state index contributed by atoms with van der Waals surface area (Å²) >= 11 is 0. The van der Waals surface area contributed by atoms with E-state index in [2.05, 4.69) is 10.6 Å². The number of nitrogens with two attached hydrogens (primary N) is 1.